The molecule has 29 heavy (non-hydrogen) atoms. The molecule has 2 rings (SSSR count). The largest absolute Gasteiger partial charge is 0.491 e. The summed E-state index contributed by atoms with van der Waals surface area (Å²) < 4.78 is 10.8. The van der Waals surface area contributed by atoms with Gasteiger partial charge in [-0.2, -0.15) is 0 Å². The van der Waals surface area contributed by atoms with Crippen LogP contribution >= 0.6 is 0 Å². The molecule has 0 radical (unpaired) electrons. The molecule has 2 amide bonds. The number of carbonyl (C=O) groups excluding carboxylic acids is 2. The summed E-state index contributed by atoms with van der Waals surface area (Å²) >= 11 is 0. The standard InChI is InChI=1S/C22H29N3O4/c1-4-28-11-12-29-20-10-6-9-19(14-20)24-21(26)15-23-17-7-5-8-18(13-17)25-22(27)16(2)3/h5-10,13-14,16,23H,4,11-12,15H2,1-3H3,(H,24,26)(H,25,27). The van der Waals surface area contributed by atoms with Crippen molar-refractivity contribution in [2.75, 3.05) is 42.3 Å². The Balaban J connectivity index is 1.83. The average Bonchev–Trinajstić information content (AvgIpc) is 2.70. The van der Waals surface area contributed by atoms with Crippen LogP contribution in [-0.4, -0.2) is 38.2 Å². The monoisotopic (exact) mass is 399 g/mol. The van der Waals surface area contributed by atoms with Gasteiger partial charge >= 0.3 is 0 Å². The first-order valence-electron chi connectivity index (χ1n) is 9.73. The summed E-state index contributed by atoms with van der Waals surface area (Å²) in [5.74, 6) is 0.330. The quantitative estimate of drug-likeness (QED) is 0.501. The Morgan fingerprint density at radius 3 is 2.34 bits per heavy atom. The molecule has 0 heterocycles. The van der Waals surface area contributed by atoms with Crippen LogP contribution in [0, 0.1) is 5.92 Å². The van der Waals surface area contributed by atoms with E-state index in [1.54, 1.807) is 18.2 Å². The summed E-state index contributed by atoms with van der Waals surface area (Å²) in [6, 6.07) is 14.5. The summed E-state index contributed by atoms with van der Waals surface area (Å²) in [6.07, 6.45) is 0. The predicted octanol–water partition coefficient (Wildman–Crippen LogP) is 3.75. The van der Waals surface area contributed by atoms with Crippen LogP contribution in [0.5, 0.6) is 5.75 Å². The maximum absolute atomic E-state index is 12.2. The van der Waals surface area contributed by atoms with E-state index in [0.717, 1.165) is 5.69 Å². The lowest BCUT2D eigenvalue weighted by Crippen LogP contribution is -2.22. The third kappa shape index (κ3) is 8.23. The van der Waals surface area contributed by atoms with Gasteiger partial charge in [-0.1, -0.05) is 26.0 Å². The molecular weight excluding hydrogens is 370 g/mol. The number of amides is 2. The van der Waals surface area contributed by atoms with Gasteiger partial charge in [-0.25, -0.2) is 0 Å². The zero-order valence-corrected chi connectivity index (χ0v) is 17.2. The normalized spacial score (nSPS) is 10.5. The van der Waals surface area contributed by atoms with Crippen LogP contribution in [0.2, 0.25) is 0 Å². The summed E-state index contributed by atoms with van der Waals surface area (Å²) in [6.45, 7) is 7.32. The molecule has 0 atom stereocenters. The fourth-order valence-electron chi connectivity index (χ4n) is 2.41. The van der Waals surface area contributed by atoms with Crippen LogP contribution in [-0.2, 0) is 14.3 Å². The van der Waals surface area contributed by atoms with Crippen LogP contribution in [0.15, 0.2) is 48.5 Å². The van der Waals surface area contributed by atoms with Gasteiger partial charge in [-0.05, 0) is 37.3 Å². The van der Waals surface area contributed by atoms with Crippen molar-refractivity contribution in [1.82, 2.24) is 0 Å². The fourth-order valence-corrected chi connectivity index (χ4v) is 2.41. The molecule has 2 aromatic rings. The Kier molecular flexibility index (Phi) is 8.98. The number of carbonyl (C=O) groups is 2. The van der Waals surface area contributed by atoms with Crippen molar-refractivity contribution >= 4 is 28.9 Å². The van der Waals surface area contributed by atoms with Gasteiger partial charge in [0.15, 0.2) is 0 Å². The number of ether oxygens (including phenoxy) is 2. The Labute approximate surface area is 171 Å². The number of hydrogen-bond donors (Lipinski definition) is 3. The van der Waals surface area contributed by atoms with E-state index >= 15 is 0 Å². The van der Waals surface area contributed by atoms with Gasteiger partial charge in [-0.15, -0.1) is 0 Å². The number of anilines is 3. The topological polar surface area (TPSA) is 88.7 Å². The van der Waals surface area contributed by atoms with Crippen LogP contribution in [0.4, 0.5) is 17.1 Å². The maximum atomic E-state index is 12.2. The van der Waals surface area contributed by atoms with Crippen molar-refractivity contribution < 1.29 is 19.1 Å². The lowest BCUT2D eigenvalue weighted by Gasteiger charge is -2.12. The first-order valence-corrected chi connectivity index (χ1v) is 9.73. The molecular formula is C22H29N3O4. The van der Waals surface area contributed by atoms with Gasteiger partial charge < -0.3 is 25.4 Å². The van der Waals surface area contributed by atoms with Gasteiger partial charge in [0, 0.05) is 35.7 Å². The molecule has 0 fully saturated rings. The van der Waals surface area contributed by atoms with E-state index in [-0.39, 0.29) is 24.3 Å². The Hall–Kier alpha value is -3.06. The zero-order chi connectivity index (χ0) is 21.1. The van der Waals surface area contributed by atoms with E-state index in [9.17, 15) is 9.59 Å². The predicted molar refractivity (Wildman–Crippen MR) is 115 cm³/mol. The molecule has 0 unspecified atom stereocenters. The van der Waals surface area contributed by atoms with E-state index in [0.29, 0.717) is 36.9 Å². The molecule has 0 bridgehead atoms. The molecule has 7 heteroatoms. The van der Waals surface area contributed by atoms with Crippen molar-refractivity contribution in [1.29, 1.82) is 0 Å². The fraction of sp³-hybridized carbons (Fsp3) is 0.364. The molecule has 2 aromatic carbocycles. The van der Waals surface area contributed by atoms with Crippen LogP contribution in [0.25, 0.3) is 0 Å². The molecule has 0 spiro atoms. The third-order valence-corrected chi connectivity index (χ3v) is 3.93. The maximum Gasteiger partial charge on any atom is 0.243 e. The smallest absolute Gasteiger partial charge is 0.243 e. The Morgan fingerprint density at radius 2 is 1.62 bits per heavy atom. The van der Waals surface area contributed by atoms with Crippen molar-refractivity contribution in [3.8, 4) is 5.75 Å². The zero-order valence-electron chi connectivity index (χ0n) is 17.2. The average molecular weight is 399 g/mol. The van der Waals surface area contributed by atoms with E-state index in [4.69, 9.17) is 9.47 Å². The van der Waals surface area contributed by atoms with Gasteiger partial charge in [0.1, 0.15) is 12.4 Å². The number of benzene rings is 2. The highest BCUT2D eigenvalue weighted by molar-refractivity contribution is 5.94. The van der Waals surface area contributed by atoms with E-state index in [1.165, 1.54) is 0 Å². The third-order valence-electron chi connectivity index (χ3n) is 3.93. The van der Waals surface area contributed by atoms with E-state index in [1.807, 2.05) is 51.1 Å². The van der Waals surface area contributed by atoms with Crippen molar-refractivity contribution in [3.05, 3.63) is 48.5 Å². The molecule has 0 aromatic heterocycles. The van der Waals surface area contributed by atoms with E-state index < -0.39 is 0 Å². The second kappa shape index (κ2) is 11.7. The highest BCUT2D eigenvalue weighted by Gasteiger charge is 2.08. The first kappa shape index (κ1) is 22.2. The van der Waals surface area contributed by atoms with Crippen molar-refractivity contribution in [2.24, 2.45) is 5.92 Å². The van der Waals surface area contributed by atoms with Crippen LogP contribution < -0.4 is 20.7 Å². The molecule has 0 aliphatic heterocycles. The van der Waals surface area contributed by atoms with Gasteiger partial charge in [0.05, 0.1) is 13.2 Å². The molecule has 7 nitrogen and oxygen atoms in total. The Bertz CT molecular complexity index is 808. The molecule has 0 aliphatic rings. The minimum atomic E-state index is -0.187. The second-order valence-electron chi connectivity index (χ2n) is 6.70. The van der Waals surface area contributed by atoms with Crippen molar-refractivity contribution in [3.63, 3.8) is 0 Å². The van der Waals surface area contributed by atoms with Crippen molar-refractivity contribution in [2.45, 2.75) is 20.8 Å². The number of nitrogens with one attached hydrogen (secondary N) is 3. The summed E-state index contributed by atoms with van der Waals surface area (Å²) in [5, 5.41) is 8.73. The molecule has 156 valence electrons. The molecule has 0 aliphatic carbocycles. The minimum absolute atomic E-state index is 0.0525. The summed E-state index contributed by atoms with van der Waals surface area (Å²) in [7, 11) is 0. The first-order chi connectivity index (χ1) is 14.0. The molecule has 3 N–H and O–H groups in total. The summed E-state index contributed by atoms with van der Waals surface area (Å²) in [5.41, 5.74) is 2.09. The SMILES string of the molecule is CCOCCOc1cccc(NC(=O)CNc2cccc(NC(=O)C(C)C)c2)c1. The minimum Gasteiger partial charge on any atom is -0.491 e. The Morgan fingerprint density at radius 1 is 0.931 bits per heavy atom. The second-order valence-corrected chi connectivity index (χ2v) is 6.70. The lowest BCUT2D eigenvalue weighted by molar-refractivity contribution is -0.119. The summed E-state index contributed by atoms with van der Waals surface area (Å²) in [4.78, 5) is 24.1. The van der Waals surface area contributed by atoms with Gasteiger partial charge in [0.2, 0.25) is 11.8 Å². The van der Waals surface area contributed by atoms with Gasteiger partial charge in [-0.3, -0.25) is 9.59 Å². The molecule has 0 saturated heterocycles. The van der Waals surface area contributed by atoms with Gasteiger partial charge in [0.25, 0.3) is 0 Å². The number of hydrogen-bond acceptors (Lipinski definition) is 5. The molecule has 0 saturated carbocycles. The highest BCUT2D eigenvalue weighted by atomic mass is 16.5. The highest BCUT2D eigenvalue weighted by Crippen LogP contribution is 2.18. The number of rotatable bonds is 11. The van der Waals surface area contributed by atoms with Crippen LogP contribution in [0.1, 0.15) is 20.8 Å². The lowest BCUT2D eigenvalue weighted by atomic mass is 10.2. The van der Waals surface area contributed by atoms with Crippen LogP contribution in [0.3, 0.4) is 0 Å². The van der Waals surface area contributed by atoms with E-state index in [2.05, 4.69) is 16.0 Å².